The van der Waals surface area contributed by atoms with Crippen molar-refractivity contribution in [2.45, 2.75) is 40.0 Å². The second-order valence-corrected chi connectivity index (χ2v) is 1.81. The van der Waals surface area contributed by atoms with E-state index in [2.05, 4.69) is 12.2 Å². The van der Waals surface area contributed by atoms with E-state index >= 15 is 0 Å². The van der Waals surface area contributed by atoms with E-state index in [0.29, 0.717) is 0 Å². The third-order valence-electron chi connectivity index (χ3n) is 1.03. The van der Waals surface area contributed by atoms with E-state index < -0.39 is 0 Å². The molecule has 1 nitrogen and oxygen atoms in total. The summed E-state index contributed by atoms with van der Waals surface area (Å²) in [6, 6.07) is 0. The number of nitrogens with one attached hydrogen (secondary N) is 1. The first-order valence-corrected chi connectivity index (χ1v) is 4.06. The van der Waals surface area contributed by atoms with Gasteiger partial charge >= 0.3 is 0 Å². The zero-order valence-corrected chi connectivity index (χ0v) is 7.33. The number of unbranched alkanes of at least 4 members (excludes halogenated alkanes) is 2. The van der Waals surface area contributed by atoms with Crippen LogP contribution < -0.4 is 5.32 Å². The smallest absolute Gasteiger partial charge is 0 e. The number of hydrogen-bond acceptors (Lipinski definition) is 1. The molecule has 0 aromatic rings. The van der Waals surface area contributed by atoms with Gasteiger partial charge in [0.1, 0.15) is 0 Å². The maximum atomic E-state index is 3.10. The van der Waals surface area contributed by atoms with E-state index in [1.54, 1.807) is 0 Å². The molecule has 0 aliphatic rings. The van der Waals surface area contributed by atoms with Crippen molar-refractivity contribution < 1.29 is 1.43 Å². The molecule has 0 fully saturated rings. The Hall–Kier alpha value is -0.0400. The molecular formula is C8H23N. The van der Waals surface area contributed by atoms with Crippen LogP contribution >= 0.6 is 0 Å². The molecule has 0 amide bonds. The summed E-state index contributed by atoms with van der Waals surface area (Å²) in [5, 5.41) is 3.10. The van der Waals surface area contributed by atoms with Crippen molar-refractivity contribution >= 4 is 0 Å². The molecule has 0 rings (SSSR count). The molecule has 9 heavy (non-hydrogen) atoms. The first-order chi connectivity index (χ1) is 4.41. The Morgan fingerprint density at radius 3 is 2.11 bits per heavy atom. The molecule has 0 aliphatic heterocycles. The Bertz CT molecular complexity index is 28.4. The molecule has 0 spiro atoms. The molecule has 0 bridgehead atoms. The Labute approximate surface area is 61.3 Å². The van der Waals surface area contributed by atoms with Gasteiger partial charge < -0.3 is 5.32 Å². The summed E-state index contributed by atoms with van der Waals surface area (Å²) in [5.74, 6) is 0. The Balaban J connectivity index is -0.000000149. The number of hydrogen-bond donors (Lipinski definition) is 1. The minimum Gasteiger partial charge on any atom is -0.320 e. The van der Waals surface area contributed by atoms with Gasteiger partial charge in [-0.1, -0.05) is 33.6 Å². The molecular weight excluding hydrogens is 110 g/mol. The molecule has 0 aliphatic carbocycles. The van der Waals surface area contributed by atoms with Crippen molar-refractivity contribution in [3.63, 3.8) is 0 Å². The van der Waals surface area contributed by atoms with Crippen LogP contribution in [0.3, 0.4) is 0 Å². The van der Waals surface area contributed by atoms with Crippen molar-refractivity contribution in [1.29, 1.82) is 0 Å². The highest BCUT2D eigenvalue weighted by Gasteiger charge is 1.78. The predicted octanol–water partition coefficient (Wildman–Crippen LogP) is 2.67. The minimum absolute atomic E-state index is 0. The zero-order chi connectivity index (χ0) is 7.54. The van der Waals surface area contributed by atoms with E-state index in [9.17, 15) is 0 Å². The van der Waals surface area contributed by atoms with Gasteiger partial charge in [-0.05, 0) is 20.0 Å². The van der Waals surface area contributed by atoms with Gasteiger partial charge in [-0.15, -0.1) is 0 Å². The Morgan fingerprint density at radius 1 is 1.22 bits per heavy atom. The fraction of sp³-hybridized carbons (Fsp3) is 1.00. The maximum absolute atomic E-state index is 3.10. The van der Waals surface area contributed by atoms with Gasteiger partial charge in [0.15, 0.2) is 0 Å². The fourth-order valence-electron chi connectivity index (χ4n) is 0.552. The highest BCUT2D eigenvalue weighted by molar-refractivity contribution is 4.39. The van der Waals surface area contributed by atoms with E-state index in [1.807, 2.05) is 20.9 Å². The van der Waals surface area contributed by atoms with Gasteiger partial charge in [0.05, 0.1) is 0 Å². The van der Waals surface area contributed by atoms with Gasteiger partial charge in [0, 0.05) is 1.43 Å². The van der Waals surface area contributed by atoms with E-state index in [4.69, 9.17) is 0 Å². The molecule has 0 saturated carbocycles. The van der Waals surface area contributed by atoms with Gasteiger partial charge in [-0.3, -0.25) is 0 Å². The molecule has 60 valence electrons. The van der Waals surface area contributed by atoms with Crippen molar-refractivity contribution in [3.05, 3.63) is 0 Å². The van der Waals surface area contributed by atoms with Crippen LogP contribution in [0.15, 0.2) is 0 Å². The molecule has 0 saturated heterocycles. The third-order valence-corrected chi connectivity index (χ3v) is 1.03. The summed E-state index contributed by atoms with van der Waals surface area (Å²) in [4.78, 5) is 0. The lowest BCUT2D eigenvalue weighted by Crippen LogP contribution is -2.06. The van der Waals surface area contributed by atoms with Gasteiger partial charge in [0.25, 0.3) is 0 Å². The van der Waals surface area contributed by atoms with Crippen molar-refractivity contribution in [2.75, 3.05) is 13.6 Å². The SMILES string of the molecule is CC.CCCCCNC.[HH]. The van der Waals surface area contributed by atoms with E-state index in [-0.39, 0.29) is 1.43 Å². The lowest BCUT2D eigenvalue weighted by Gasteiger charge is -1.93. The van der Waals surface area contributed by atoms with Crippen LogP contribution in [-0.4, -0.2) is 13.6 Å². The summed E-state index contributed by atoms with van der Waals surface area (Å²) in [5.41, 5.74) is 0. The van der Waals surface area contributed by atoms with Crippen molar-refractivity contribution in [1.82, 2.24) is 5.32 Å². The average Bonchev–Trinajstić information content (AvgIpc) is 1.94. The molecule has 0 aromatic carbocycles. The fourth-order valence-corrected chi connectivity index (χ4v) is 0.552. The lowest BCUT2D eigenvalue weighted by atomic mass is 10.2. The Morgan fingerprint density at radius 2 is 1.78 bits per heavy atom. The summed E-state index contributed by atoms with van der Waals surface area (Å²) < 4.78 is 0. The van der Waals surface area contributed by atoms with Crippen LogP contribution in [0, 0.1) is 0 Å². The topological polar surface area (TPSA) is 12.0 Å². The molecule has 1 N–H and O–H groups in total. The Kier molecular flexibility index (Phi) is 20.4. The second kappa shape index (κ2) is 15.7. The van der Waals surface area contributed by atoms with Crippen molar-refractivity contribution in [3.8, 4) is 0 Å². The second-order valence-electron chi connectivity index (χ2n) is 1.81. The standard InChI is InChI=1S/C6H15N.C2H6.H2/c1-3-4-5-6-7-2;1-2;/h7H,3-6H2,1-2H3;1-2H3;1H. The maximum Gasteiger partial charge on any atom is 0 e. The average molecular weight is 133 g/mol. The van der Waals surface area contributed by atoms with Crippen LogP contribution in [0.2, 0.25) is 0 Å². The number of rotatable bonds is 4. The lowest BCUT2D eigenvalue weighted by molar-refractivity contribution is 0.667. The summed E-state index contributed by atoms with van der Waals surface area (Å²) in [6.45, 7) is 7.39. The van der Waals surface area contributed by atoms with Crippen LogP contribution in [0.1, 0.15) is 41.5 Å². The summed E-state index contributed by atoms with van der Waals surface area (Å²) >= 11 is 0. The first-order valence-electron chi connectivity index (χ1n) is 4.06. The third kappa shape index (κ3) is 18.0. The van der Waals surface area contributed by atoms with Crippen LogP contribution in [0.4, 0.5) is 0 Å². The van der Waals surface area contributed by atoms with Crippen molar-refractivity contribution in [2.24, 2.45) is 0 Å². The predicted molar refractivity (Wildman–Crippen MR) is 46.9 cm³/mol. The van der Waals surface area contributed by atoms with Gasteiger partial charge in [-0.2, -0.15) is 0 Å². The monoisotopic (exact) mass is 133 g/mol. The molecule has 0 aromatic heterocycles. The largest absolute Gasteiger partial charge is 0.320 e. The summed E-state index contributed by atoms with van der Waals surface area (Å²) in [7, 11) is 2.00. The van der Waals surface area contributed by atoms with Crippen LogP contribution in [-0.2, 0) is 0 Å². The molecule has 1 heteroatoms. The molecule has 0 atom stereocenters. The first kappa shape index (κ1) is 11.7. The zero-order valence-electron chi connectivity index (χ0n) is 7.33. The highest BCUT2D eigenvalue weighted by Crippen LogP contribution is 1.89. The molecule has 0 unspecified atom stereocenters. The van der Waals surface area contributed by atoms with Crippen LogP contribution in [0.25, 0.3) is 0 Å². The van der Waals surface area contributed by atoms with Gasteiger partial charge in [0.2, 0.25) is 0 Å². The van der Waals surface area contributed by atoms with Crippen LogP contribution in [0.5, 0.6) is 0 Å². The minimum atomic E-state index is 0. The normalized spacial score (nSPS) is 8.00. The molecule has 0 radical (unpaired) electrons. The quantitative estimate of drug-likeness (QED) is 0.581. The summed E-state index contributed by atoms with van der Waals surface area (Å²) in [6.07, 6.45) is 4.01. The molecule has 0 heterocycles. The van der Waals surface area contributed by atoms with E-state index in [0.717, 1.165) is 0 Å². The van der Waals surface area contributed by atoms with Gasteiger partial charge in [-0.25, -0.2) is 0 Å². The highest BCUT2D eigenvalue weighted by atomic mass is 14.8. The van der Waals surface area contributed by atoms with E-state index in [1.165, 1.54) is 25.8 Å².